The molecule has 0 N–H and O–H groups in total. The quantitative estimate of drug-likeness (QED) is 0.500. The summed E-state index contributed by atoms with van der Waals surface area (Å²) in [5.74, 6) is 0.0339. The number of aryl methyl sites for hydroxylation is 1. The molecule has 37 heavy (non-hydrogen) atoms. The van der Waals surface area contributed by atoms with Crippen LogP contribution in [-0.2, 0) is 31.4 Å². The van der Waals surface area contributed by atoms with Gasteiger partial charge >= 0.3 is 6.61 Å². The largest absolute Gasteiger partial charge is 0.435 e. The van der Waals surface area contributed by atoms with Crippen molar-refractivity contribution in [2.75, 3.05) is 37.6 Å². The standard InChI is InChI=1S/C25H28F3N7O2/c1-16(36)35-6-5-21-22(15-35)30-23(18-12-29-32(2)13-18)24(31-21)34-9-7-33(8-10-34)14-17-3-4-19(11-20(17)26)37-25(27)28/h3-4,11-13,25H,5-10,14-15H2,1-2H3. The molecule has 1 aromatic carbocycles. The molecule has 0 aliphatic carbocycles. The van der Waals surface area contributed by atoms with Crippen LogP contribution in [0.15, 0.2) is 30.6 Å². The molecule has 0 atom stereocenters. The molecule has 196 valence electrons. The molecular formula is C25H28F3N7O2. The van der Waals surface area contributed by atoms with E-state index in [9.17, 15) is 18.0 Å². The Morgan fingerprint density at radius 1 is 1.11 bits per heavy atom. The Balaban J connectivity index is 1.33. The molecule has 0 spiro atoms. The van der Waals surface area contributed by atoms with Gasteiger partial charge in [-0.15, -0.1) is 0 Å². The van der Waals surface area contributed by atoms with Gasteiger partial charge in [0.1, 0.15) is 17.3 Å². The second-order valence-electron chi connectivity index (χ2n) is 9.28. The van der Waals surface area contributed by atoms with Gasteiger partial charge < -0.3 is 14.5 Å². The molecule has 5 rings (SSSR count). The average Bonchev–Trinajstić information content (AvgIpc) is 3.30. The number of carbonyl (C=O) groups is 1. The number of halogens is 3. The van der Waals surface area contributed by atoms with Gasteiger partial charge in [-0.05, 0) is 6.07 Å². The van der Waals surface area contributed by atoms with Crippen molar-refractivity contribution in [3.8, 4) is 17.0 Å². The molecule has 3 aromatic rings. The summed E-state index contributed by atoms with van der Waals surface area (Å²) in [6.45, 7) is 2.63. The lowest BCUT2D eigenvalue weighted by molar-refractivity contribution is -0.129. The zero-order chi connectivity index (χ0) is 26.1. The minimum atomic E-state index is -2.99. The minimum absolute atomic E-state index is 0.0169. The second-order valence-corrected chi connectivity index (χ2v) is 9.28. The molecule has 12 heteroatoms. The number of alkyl halides is 2. The van der Waals surface area contributed by atoms with E-state index in [0.717, 1.165) is 34.5 Å². The Morgan fingerprint density at radius 2 is 1.89 bits per heavy atom. The molecule has 0 saturated carbocycles. The van der Waals surface area contributed by atoms with Crippen molar-refractivity contribution in [1.29, 1.82) is 0 Å². The molecule has 1 fully saturated rings. The molecule has 1 saturated heterocycles. The van der Waals surface area contributed by atoms with Crippen molar-refractivity contribution in [2.24, 2.45) is 7.05 Å². The molecule has 2 aliphatic rings. The van der Waals surface area contributed by atoms with Gasteiger partial charge in [0.2, 0.25) is 5.91 Å². The summed E-state index contributed by atoms with van der Waals surface area (Å²) in [5.41, 5.74) is 3.71. The zero-order valence-electron chi connectivity index (χ0n) is 20.7. The highest BCUT2D eigenvalue weighted by atomic mass is 19.3. The van der Waals surface area contributed by atoms with Gasteiger partial charge in [0.25, 0.3) is 0 Å². The Hall–Kier alpha value is -3.67. The number of carbonyl (C=O) groups excluding carboxylic acids is 1. The Morgan fingerprint density at radius 3 is 2.54 bits per heavy atom. The van der Waals surface area contributed by atoms with Crippen molar-refractivity contribution in [1.82, 2.24) is 29.5 Å². The SMILES string of the molecule is CC(=O)N1CCc2nc(N3CCN(Cc4ccc(OC(F)F)cc4F)CC3)c(-c3cnn(C)c3)nc2C1. The van der Waals surface area contributed by atoms with Gasteiger partial charge in [-0.25, -0.2) is 14.4 Å². The van der Waals surface area contributed by atoms with Gasteiger partial charge in [0.05, 0.1) is 24.1 Å². The first kappa shape index (κ1) is 25.0. The van der Waals surface area contributed by atoms with Crippen LogP contribution in [0, 0.1) is 5.82 Å². The maximum Gasteiger partial charge on any atom is 0.387 e. The van der Waals surface area contributed by atoms with E-state index < -0.39 is 12.4 Å². The molecule has 0 bridgehead atoms. The monoisotopic (exact) mass is 515 g/mol. The Bertz CT molecular complexity index is 1290. The van der Waals surface area contributed by atoms with E-state index in [2.05, 4.69) is 19.6 Å². The lowest BCUT2D eigenvalue weighted by Crippen LogP contribution is -2.47. The molecule has 0 radical (unpaired) electrons. The highest BCUT2D eigenvalue weighted by molar-refractivity contribution is 5.74. The third kappa shape index (κ3) is 5.53. The van der Waals surface area contributed by atoms with Gasteiger partial charge in [-0.2, -0.15) is 13.9 Å². The van der Waals surface area contributed by atoms with Crippen LogP contribution in [0.1, 0.15) is 23.9 Å². The molecule has 2 aliphatic heterocycles. The summed E-state index contributed by atoms with van der Waals surface area (Å²) in [7, 11) is 1.84. The van der Waals surface area contributed by atoms with Crippen LogP contribution in [0.3, 0.4) is 0 Å². The van der Waals surface area contributed by atoms with E-state index in [-0.39, 0.29) is 11.7 Å². The van der Waals surface area contributed by atoms with Crippen LogP contribution < -0.4 is 9.64 Å². The third-order valence-electron chi connectivity index (χ3n) is 6.73. The number of fused-ring (bicyclic) bond motifs is 1. The topological polar surface area (TPSA) is 79.6 Å². The number of amides is 1. The number of ether oxygens (including phenoxy) is 1. The third-order valence-corrected chi connectivity index (χ3v) is 6.73. The Labute approximate surface area is 212 Å². The molecule has 4 heterocycles. The first-order valence-electron chi connectivity index (χ1n) is 12.1. The van der Waals surface area contributed by atoms with Crippen molar-refractivity contribution in [3.63, 3.8) is 0 Å². The van der Waals surface area contributed by atoms with Crippen molar-refractivity contribution in [2.45, 2.75) is 33.0 Å². The van der Waals surface area contributed by atoms with Crippen molar-refractivity contribution in [3.05, 3.63) is 53.4 Å². The Kier molecular flexibility index (Phi) is 7.00. The van der Waals surface area contributed by atoms with E-state index in [4.69, 9.17) is 9.97 Å². The fourth-order valence-corrected chi connectivity index (χ4v) is 4.74. The van der Waals surface area contributed by atoms with Gasteiger partial charge in [-0.3, -0.25) is 14.4 Å². The van der Waals surface area contributed by atoms with E-state index in [1.807, 2.05) is 13.2 Å². The van der Waals surface area contributed by atoms with E-state index in [0.29, 0.717) is 57.8 Å². The molecular weight excluding hydrogens is 487 g/mol. The van der Waals surface area contributed by atoms with Crippen molar-refractivity contribution >= 4 is 11.7 Å². The van der Waals surface area contributed by atoms with Crippen LogP contribution in [0.4, 0.5) is 19.0 Å². The van der Waals surface area contributed by atoms with Gasteiger partial charge in [0.15, 0.2) is 5.82 Å². The molecule has 1 amide bonds. The summed E-state index contributed by atoms with van der Waals surface area (Å²) in [5, 5.41) is 4.30. The average molecular weight is 516 g/mol. The predicted molar refractivity (Wildman–Crippen MR) is 130 cm³/mol. The minimum Gasteiger partial charge on any atom is -0.435 e. The zero-order valence-corrected chi connectivity index (χ0v) is 20.7. The lowest BCUT2D eigenvalue weighted by atomic mass is 10.1. The summed E-state index contributed by atoms with van der Waals surface area (Å²) < 4.78 is 45.2. The van der Waals surface area contributed by atoms with Gasteiger partial charge in [0, 0.05) is 83.1 Å². The smallest absolute Gasteiger partial charge is 0.387 e. The highest BCUT2D eigenvalue weighted by Gasteiger charge is 2.28. The number of anilines is 1. The van der Waals surface area contributed by atoms with Crippen LogP contribution in [0.2, 0.25) is 0 Å². The fourth-order valence-electron chi connectivity index (χ4n) is 4.74. The normalized spacial score (nSPS) is 16.3. The highest BCUT2D eigenvalue weighted by Crippen LogP contribution is 2.31. The molecule has 2 aromatic heterocycles. The number of hydrogen-bond acceptors (Lipinski definition) is 7. The summed E-state index contributed by atoms with van der Waals surface area (Å²) >= 11 is 0. The lowest BCUT2D eigenvalue weighted by Gasteiger charge is -2.37. The van der Waals surface area contributed by atoms with E-state index in [1.165, 1.54) is 12.1 Å². The summed E-state index contributed by atoms with van der Waals surface area (Å²) in [4.78, 5) is 27.9. The predicted octanol–water partition coefficient (Wildman–Crippen LogP) is 2.84. The number of piperazine rings is 1. The maximum absolute atomic E-state index is 14.5. The number of benzene rings is 1. The number of hydrogen-bond donors (Lipinski definition) is 0. The summed E-state index contributed by atoms with van der Waals surface area (Å²) in [6.07, 6.45) is 4.30. The van der Waals surface area contributed by atoms with Gasteiger partial charge in [-0.1, -0.05) is 6.07 Å². The van der Waals surface area contributed by atoms with Crippen LogP contribution in [-0.4, -0.2) is 74.8 Å². The number of aromatic nitrogens is 4. The summed E-state index contributed by atoms with van der Waals surface area (Å²) in [6, 6.07) is 3.84. The molecule has 0 unspecified atom stereocenters. The van der Waals surface area contributed by atoms with Crippen LogP contribution in [0.25, 0.3) is 11.3 Å². The fraction of sp³-hybridized carbons (Fsp3) is 0.440. The second kappa shape index (κ2) is 10.4. The van der Waals surface area contributed by atoms with E-state index >= 15 is 0 Å². The number of rotatable bonds is 6. The van der Waals surface area contributed by atoms with Crippen molar-refractivity contribution < 1.29 is 22.7 Å². The van der Waals surface area contributed by atoms with Crippen LogP contribution >= 0.6 is 0 Å². The maximum atomic E-state index is 14.5. The first-order valence-corrected chi connectivity index (χ1v) is 12.1. The van der Waals surface area contributed by atoms with E-state index in [1.54, 1.807) is 22.7 Å². The van der Waals surface area contributed by atoms with Crippen LogP contribution in [0.5, 0.6) is 5.75 Å². The molecule has 9 nitrogen and oxygen atoms in total. The number of nitrogens with zero attached hydrogens (tertiary/aromatic N) is 7. The first-order chi connectivity index (χ1) is 17.8.